The van der Waals surface area contributed by atoms with Crippen molar-refractivity contribution in [2.75, 3.05) is 11.9 Å². The first kappa shape index (κ1) is 25.4. The Labute approximate surface area is 217 Å². The fraction of sp³-hybridized carbons (Fsp3) is 0.0714. The molecular formula is C28H22ClN3O5. The normalized spacial score (nSPS) is 10.8. The average molecular weight is 516 g/mol. The van der Waals surface area contributed by atoms with Crippen LogP contribution >= 0.6 is 11.6 Å². The first-order chi connectivity index (χ1) is 18.0. The largest absolute Gasteiger partial charge is 0.494 e. The molecule has 9 heteroatoms. The number of halogens is 1. The van der Waals surface area contributed by atoms with Gasteiger partial charge >= 0.3 is 17.8 Å². The Morgan fingerprint density at radius 2 is 1.62 bits per heavy atom. The number of carbonyl (C=O) groups is 3. The summed E-state index contributed by atoms with van der Waals surface area (Å²) in [7, 11) is 0. The van der Waals surface area contributed by atoms with E-state index in [0.29, 0.717) is 34.2 Å². The highest BCUT2D eigenvalue weighted by Gasteiger charge is 2.16. The number of hydrogen-bond donors (Lipinski definition) is 2. The van der Waals surface area contributed by atoms with Gasteiger partial charge in [0.2, 0.25) is 0 Å². The maximum absolute atomic E-state index is 12.8. The molecule has 0 saturated heterocycles. The summed E-state index contributed by atoms with van der Waals surface area (Å²) in [5.74, 6) is -1.63. The molecule has 0 aromatic heterocycles. The van der Waals surface area contributed by atoms with Crippen LogP contribution in [-0.4, -0.2) is 30.6 Å². The molecule has 0 heterocycles. The molecule has 0 bridgehead atoms. The molecule has 4 rings (SSSR count). The summed E-state index contributed by atoms with van der Waals surface area (Å²) in [6.07, 6.45) is 1.32. The second-order valence-corrected chi connectivity index (χ2v) is 8.09. The van der Waals surface area contributed by atoms with Gasteiger partial charge in [0, 0.05) is 5.56 Å². The van der Waals surface area contributed by atoms with Crippen molar-refractivity contribution in [3.63, 3.8) is 0 Å². The first-order valence-corrected chi connectivity index (χ1v) is 11.7. The van der Waals surface area contributed by atoms with Crippen molar-refractivity contribution in [2.24, 2.45) is 5.10 Å². The Balaban J connectivity index is 1.53. The highest BCUT2D eigenvalue weighted by Crippen LogP contribution is 2.28. The predicted molar refractivity (Wildman–Crippen MR) is 142 cm³/mol. The van der Waals surface area contributed by atoms with E-state index in [9.17, 15) is 14.4 Å². The predicted octanol–water partition coefficient (Wildman–Crippen LogP) is 5.20. The third-order valence-electron chi connectivity index (χ3n) is 5.22. The van der Waals surface area contributed by atoms with Crippen molar-refractivity contribution in [1.29, 1.82) is 0 Å². The van der Waals surface area contributed by atoms with Crippen molar-refractivity contribution in [2.45, 2.75) is 6.92 Å². The number of hydrazone groups is 1. The van der Waals surface area contributed by atoms with Crippen molar-refractivity contribution in [3.8, 4) is 11.5 Å². The lowest BCUT2D eigenvalue weighted by Gasteiger charge is -2.11. The van der Waals surface area contributed by atoms with E-state index in [4.69, 9.17) is 21.1 Å². The van der Waals surface area contributed by atoms with E-state index < -0.39 is 17.8 Å². The van der Waals surface area contributed by atoms with Crippen LogP contribution in [0.25, 0.3) is 10.8 Å². The van der Waals surface area contributed by atoms with Gasteiger partial charge < -0.3 is 14.8 Å². The number of benzene rings is 4. The highest BCUT2D eigenvalue weighted by atomic mass is 35.5. The number of amides is 2. The lowest BCUT2D eigenvalue weighted by molar-refractivity contribution is -0.136. The van der Waals surface area contributed by atoms with Crippen LogP contribution in [0, 0.1) is 0 Å². The quantitative estimate of drug-likeness (QED) is 0.116. The minimum Gasteiger partial charge on any atom is -0.494 e. The van der Waals surface area contributed by atoms with Crippen molar-refractivity contribution >= 4 is 52.1 Å². The van der Waals surface area contributed by atoms with Crippen LogP contribution in [-0.2, 0) is 9.59 Å². The van der Waals surface area contributed by atoms with Crippen LogP contribution in [0.2, 0.25) is 5.02 Å². The maximum Gasteiger partial charge on any atom is 0.343 e. The number of rotatable bonds is 7. The van der Waals surface area contributed by atoms with E-state index in [0.717, 1.165) is 10.8 Å². The SMILES string of the molecule is CCOc1ccc(C(=O)Oc2ccc3ccccc3c2C=NNC(=O)C(=O)Nc2ccccc2Cl)cc1. The van der Waals surface area contributed by atoms with Gasteiger partial charge in [-0.25, -0.2) is 10.2 Å². The zero-order valence-corrected chi connectivity index (χ0v) is 20.5. The Hall–Kier alpha value is -4.69. The van der Waals surface area contributed by atoms with Gasteiger partial charge in [-0.15, -0.1) is 0 Å². The minimum atomic E-state index is -0.996. The molecule has 0 saturated carbocycles. The van der Waals surface area contributed by atoms with Crippen LogP contribution in [0.5, 0.6) is 11.5 Å². The van der Waals surface area contributed by atoms with Gasteiger partial charge in [-0.05, 0) is 60.2 Å². The maximum atomic E-state index is 12.8. The molecule has 37 heavy (non-hydrogen) atoms. The van der Waals surface area contributed by atoms with Crippen molar-refractivity contribution in [1.82, 2.24) is 5.43 Å². The molecule has 0 radical (unpaired) electrons. The molecule has 0 aliphatic rings. The standard InChI is InChI=1S/C28H22ClN3O5/c1-2-36-20-14-11-19(12-15-20)28(35)37-25-16-13-18-7-3-4-8-21(18)22(25)17-30-32-27(34)26(33)31-24-10-6-5-9-23(24)29/h3-17H,2H2,1H3,(H,31,33)(H,32,34). The van der Waals surface area contributed by atoms with Crippen LogP contribution < -0.4 is 20.2 Å². The van der Waals surface area contributed by atoms with Gasteiger partial charge in [0.1, 0.15) is 11.5 Å². The van der Waals surface area contributed by atoms with Gasteiger partial charge in [-0.2, -0.15) is 5.10 Å². The summed E-state index contributed by atoms with van der Waals surface area (Å²) >= 11 is 6.01. The molecule has 4 aromatic rings. The second-order valence-electron chi connectivity index (χ2n) is 7.68. The highest BCUT2D eigenvalue weighted by molar-refractivity contribution is 6.41. The van der Waals surface area contributed by atoms with Crippen LogP contribution in [0.4, 0.5) is 5.69 Å². The van der Waals surface area contributed by atoms with Gasteiger partial charge in [-0.3, -0.25) is 9.59 Å². The van der Waals surface area contributed by atoms with Gasteiger partial charge in [0.05, 0.1) is 29.1 Å². The number of esters is 1. The number of ether oxygens (including phenoxy) is 2. The molecule has 186 valence electrons. The Bertz CT molecular complexity index is 1490. The monoisotopic (exact) mass is 515 g/mol. The molecular weight excluding hydrogens is 494 g/mol. The number of hydrogen-bond acceptors (Lipinski definition) is 6. The molecule has 0 fully saturated rings. The fourth-order valence-corrected chi connectivity index (χ4v) is 3.64. The second kappa shape index (κ2) is 11.8. The van der Waals surface area contributed by atoms with Gasteiger partial charge in [0.15, 0.2) is 0 Å². The lowest BCUT2D eigenvalue weighted by atomic mass is 10.0. The third-order valence-corrected chi connectivity index (χ3v) is 5.55. The molecule has 4 aromatic carbocycles. The number of fused-ring (bicyclic) bond motifs is 1. The van der Waals surface area contributed by atoms with E-state index in [2.05, 4.69) is 15.8 Å². The third kappa shape index (κ3) is 6.31. The zero-order chi connectivity index (χ0) is 26.2. The number of nitrogens with zero attached hydrogens (tertiary/aromatic N) is 1. The molecule has 0 aliphatic heterocycles. The number of para-hydroxylation sites is 1. The summed E-state index contributed by atoms with van der Waals surface area (Å²) in [6, 6.07) is 24.0. The van der Waals surface area contributed by atoms with E-state index in [-0.39, 0.29) is 5.75 Å². The lowest BCUT2D eigenvalue weighted by Crippen LogP contribution is -2.32. The summed E-state index contributed by atoms with van der Waals surface area (Å²) in [5, 5.41) is 8.24. The van der Waals surface area contributed by atoms with E-state index in [1.54, 1.807) is 54.6 Å². The van der Waals surface area contributed by atoms with Crippen molar-refractivity contribution < 1.29 is 23.9 Å². The zero-order valence-electron chi connectivity index (χ0n) is 19.7. The van der Waals surface area contributed by atoms with E-state index in [1.807, 2.05) is 37.3 Å². The van der Waals surface area contributed by atoms with Crippen molar-refractivity contribution in [3.05, 3.63) is 101 Å². The Morgan fingerprint density at radius 3 is 2.38 bits per heavy atom. The molecule has 0 unspecified atom stereocenters. The summed E-state index contributed by atoms with van der Waals surface area (Å²) < 4.78 is 11.1. The summed E-state index contributed by atoms with van der Waals surface area (Å²) in [5.41, 5.74) is 3.27. The average Bonchev–Trinajstić information content (AvgIpc) is 2.91. The molecule has 2 amide bonds. The van der Waals surface area contributed by atoms with Crippen LogP contribution in [0.15, 0.2) is 90.0 Å². The minimum absolute atomic E-state index is 0.233. The van der Waals surface area contributed by atoms with Gasteiger partial charge in [-0.1, -0.05) is 54.1 Å². The van der Waals surface area contributed by atoms with Gasteiger partial charge in [0.25, 0.3) is 0 Å². The molecule has 8 nitrogen and oxygen atoms in total. The smallest absolute Gasteiger partial charge is 0.343 e. The summed E-state index contributed by atoms with van der Waals surface area (Å²) in [4.78, 5) is 37.3. The first-order valence-electron chi connectivity index (χ1n) is 11.3. The topological polar surface area (TPSA) is 106 Å². The fourth-order valence-electron chi connectivity index (χ4n) is 3.46. The Morgan fingerprint density at radius 1 is 0.892 bits per heavy atom. The number of nitrogens with one attached hydrogen (secondary N) is 2. The Kier molecular flexibility index (Phi) is 8.12. The molecule has 2 N–H and O–H groups in total. The number of anilines is 1. The molecule has 0 aliphatic carbocycles. The van der Waals surface area contributed by atoms with Crippen LogP contribution in [0.1, 0.15) is 22.8 Å². The molecule has 0 spiro atoms. The van der Waals surface area contributed by atoms with E-state index in [1.165, 1.54) is 6.21 Å². The van der Waals surface area contributed by atoms with E-state index >= 15 is 0 Å². The summed E-state index contributed by atoms with van der Waals surface area (Å²) in [6.45, 7) is 2.39. The molecule has 0 atom stereocenters. The number of carbonyl (C=O) groups excluding carboxylic acids is 3. The van der Waals surface area contributed by atoms with Crippen LogP contribution in [0.3, 0.4) is 0 Å².